The number of pyridine rings is 1. The highest BCUT2D eigenvalue weighted by atomic mass is 19.1. The molecule has 5 aliphatic rings. The van der Waals surface area contributed by atoms with Gasteiger partial charge in [-0.2, -0.15) is 0 Å². The fourth-order valence-electron chi connectivity index (χ4n) is 6.51. The Hall–Kier alpha value is -2.67. The quantitative estimate of drug-likeness (QED) is 0.675. The summed E-state index contributed by atoms with van der Waals surface area (Å²) in [5.74, 6) is 1.93. The van der Waals surface area contributed by atoms with Crippen molar-refractivity contribution in [3.63, 3.8) is 0 Å². The summed E-state index contributed by atoms with van der Waals surface area (Å²) in [5, 5.41) is 10.2. The molecular weight excluding hydrogens is 417 g/mol. The molecule has 2 aliphatic carbocycles. The molecule has 6 nitrogen and oxygen atoms in total. The van der Waals surface area contributed by atoms with Gasteiger partial charge in [0.2, 0.25) is 0 Å². The predicted molar refractivity (Wildman–Crippen MR) is 125 cm³/mol. The summed E-state index contributed by atoms with van der Waals surface area (Å²) in [6.45, 7) is 2.90. The number of nitrogens with one attached hydrogen (secondary N) is 3. The Balaban J connectivity index is 1.06. The minimum absolute atomic E-state index is 0.0526. The fraction of sp³-hybridized carbons (Fsp3) is 0.538. The van der Waals surface area contributed by atoms with Crippen LogP contribution in [-0.2, 0) is 12.8 Å². The van der Waals surface area contributed by atoms with Gasteiger partial charge in [0.25, 0.3) is 5.91 Å². The smallest absolute Gasteiger partial charge is 0.253 e. The van der Waals surface area contributed by atoms with Crippen LogP contribution >= 0.6 is 0 Å². The molecule has 33 heavy (non-hydrogen) atoms. The zero-order chi connectivity index (χ0) is 22.1. The molecule has 5 atom stereocenters. The zero-order valence-electron chi connectivity index (χ0n) is 18.7. The summed E-state index contributed by atoms with van der Waals surface area (Å²) in [6.07, 6.45) is 7.45. The van der Waals surface area contributed by atoms with Gasteiger partial charge in [0.05, 0.1) is 5.56 Å². The van der Waals surface area contributed by atoms with E-state index in [0.29, 0.717) is 35.9 Å². The lowest BCUT2D eigenvalue weighted by molar-refractivity contribution is 0.0933. The van der Waals surface area contributed by atoms with E-state index in [1.165, 1.54) is 24.8 Å². The molecule has 3 aliphatic heterocycles. The third-order valence-corrected chi connectivity index (χ3v) is 8.44. The van der Waals surface area contributed by atoms with Gasteiger partial charge < -0.3 is 20.9 Å². The Morgan fingerprint density at radius 1 is 1.15 bits per heavy atom. The number of carbonyl (C=O) groups is 1. The number of aromatic nitrogens is 1. The van der Waals surface area contributed by atoms with Crippen molar-refractivity contribution in [1.29, 1.82) is 0 Å². The van der Waals surface area contributed by atoms with Gasteiger partial charge in [0, 0.05) is 49.6 Å². The van der Waals surface area contributed by atoms with Crippen LogP contribution in [0.1, 0.15) is 58.6 Å². The number of halogens is 1. The molecule has 2 aromatic rings. The molecule has 3 N–H and O–H groups in total. The Morgan fingerprint density at radius 3 is 2.85 bits per heavy atom. The van der Waals surface area contributed by atoms with E-state index in [-0.39, 0.29) is 17.8 Å². The molecule has 1 amide bonds. The van der Waals surface area contributed by atoms with Crippen LogP contribution < -0.4 is 20.9 Å². The highest BCUT2D eigenvalue weighted by Gasteiger charge is 2.43. The van der Waals surface area contributed by atoms with Crippen molar-refractivity contribution in [2.45, 2.75) is 62.6 Å². The van der Waals surface area contributed by atoms with E-state index in [0.717, 1.165) is 55.1 Å². The van der Waals surface area contributed by atoms with E-state index >= 15 is 4.39 Å². The first-order chi connectivity index (χ1) is 16.1. The monoisotopic (exact) mass is 447 g/mol. The molecule has 172 valence electrons. The minimum atomic E-state index is -0.131. The molecule has 0 spiro atoms. The second-order valence-corrected chi connectivity index (χ2v) is 10.7. The van der Waals surface area contributed by atoms with Crippen LogP contribution in [0.4, 0.5) is 15.9 Å². The number of benzene rings is 1. The third kappa shape index (κ3) is 3.48. The molecule has 2 unspecified atom stereocenters. The van der Waals surface area contributed by atoms with Gasteiger partial charge >= 0.3 is 0 Å². The van der Waals surface area contributed by atoms with Crippen LogP contribution in [0.5, 0.6) is 0 Å². The molecule has 7 heteroatoms. The fourth-order valence-corrected chi connectivity index (χ4v) is 6.51. The minimum Gasteiger partial charge on any atom is -0.370 e. The Labute approximate surface area is 193 Å². The summed E-state index contributed by atoms with van der Waals surface area (Å²) in [5.41, 5.74) is 4.66. The maximum atomic E-state index is 15.2. The van der Waals surface area contributed by atoms with Crippen LogP contribution in [0, 0.1) is 11.7 Å². The van der Waals surface area contributed by atoms with Gasteiger partial charge in [-0.25, -0.2) is 9.37 Å². The molecule has 0 radical (unpaired) electrons. The number of fused-ring (bicyclic) bond motifs is 6. The second kappa shape index (κ2) is 7.42. The van der Waals surface area contributed by atoms with Crippen molar-refractivity contribution in [3.05, 3.63) is 52.5 Å². The number of hydrogen-bond acceptors (Lipinski definition) is 5. The van der Waals surface area contributed by atoms with Crippen LogP contribution in [0.25, 0.3) is 0 Å². The lowest BCUT2D eigenvalue weighted by Gasteiger charge is -2.35. The van der Waals surface area contributed by atoms with Crippen molar-refractivity contribution < 1.29 is 9.18 Å². The maximum Gasteiger partial charge on any atom is 0.253 e. The molecular formula is C26H30FN5O. The van der Waals surface area contributed by atoms with Crippen molar-refractivity contribution in [2.24, 2.45) is 5.92 Å². The Morgan fingerprint density at radius 2 is 2.00 bits per heavy atom. The zero-order valence-corrected chi connectivity index (χ0v) is 18.7. The van der Waals surface area contributed by atoms with Crippen molar-refractivity contribution in [3.8, 4) is 0 Å². The standard InChI is InChI=1S/C26H30FN5O/c27-24-9-20(32-12-18-3-4-19(13-32)30-18)5-14-1-2-17(8-22(14)24)31-26(33)16-7-23-21-6-15(21)10-28-25(23)29-11-16/h5,7,9,11,15,17-19,21,30H,1-4,6,8,10,12-13H2,(H,28,29)(H,31,33)/t15-,17-,18?,19?,21-/m0/s1. The van der Waals surface area contributed by atoms with Crippen molar-refractivity contribution in [2.75, 3.05) is 29.9 Å². The number of piperazine rings is 1. The second-order valence-electron chi connectivity index (χ2n) is 10.7. The number of hydrogen-bond donors (Lipinski definition) is 3. The van der Waals surface area contributed by atoms with Crippen molar-refractivity contribution in [1.82, 2.24) is 15.6 Å². The molecule has 1 aromatic heterocycles. The summed E-state index contributed by atoms with van der Waals surface area (Å²) in [6, 6.07) is 6.90. The van der Waals surface area contributed by atoms with Crippen LogP contribution in [-0.4, -0.2) is 48.7 Å². The van der Waals surface area contributed by atoms with E-state index in [1.807, 2.05) is 6.07 Å². The predicted octanol–water partition coefficient (Wildman–Crippen LogP) is 2.98. The maximum absolute atomic E-state index is 15.2. The number of amides is 1. The third-order valence-electron chi connectivity index (χ3n) is 8.44. The van der Waals surface area contributed by atoms with Gasteiger partial charge in [-0.3, -0.25) is 4.79 Å². The molecule has 7 rings (SSSR count). The molecule has 1 saturated carbocycles. The number of anilines is 2. The van der Waals surface area contributed by atoms with E-state index in [1.54, 1.807) is 12.3 Å². The lowest BCUT2D eigenvalue weighted by Crippen LogP contribution is -2.51. The largest absolute Gasteiger partial charge is 0.370 e. The van der Waals surface area contributed by atoms with Gasteiger partial charge in [0.1, 0.15) is 11.6 Å². The van der Waals surface area contributed by atoms with Crippen LogP contribution in [0.15, 0.2) is 24.4 Å². The molecule has 2 saturated heterocycles. The topological polar surface area (TPSA) is 69.3 Å². The first kappa shape index (κ1) is 19.8. The van der Waals surface area contributed by atoms with Gasteiger partial charge in [0.15, 0.2) is 0 Å². The average molecular weight is 448 g/mol. The number of aryl methyl sites for hydroxylation is 1. The highest BCUT2D eigenvalue weighted by molar-refractivity contribution is 5.94. The van der Waals surface area contributed by atoms with Crippen LogP contribution in [0.3, 0.4) is 0 Å². The number of carbonyl (C=O) groups excluding carboxylic acids is 1. The summed E-state index contributed by atoms with van der Waals surface area (Å²) in [4.78, 5) is 19.8. The van der Waals surface area contributed by atoms with Crippen LogP contribution in [0.2, 0.25) is 0 Å². The highest BCUT2D eigenvalue weighted by Crippen LogP contribution is 2.52. The number of nitrogens with zero attached hydrogens (tertiary/aromatic N) is 2. The van der Waals surface area contributed by atoms with Gasteiger partial charge in [-0.1, -0.05) is 0 Å². The molecule has 3 fully saturated rings. The first-order valence-electron chi connectivity index (χ1n) is 12.5. The normalized spacial score (nSPS) is 31.2. The van der Waals surface area contributed by atoms with Gasteiger partial charge in [-0.05, 0) is 85.3 Å². The average Bonchev–Trinajstić information content (AvgIpc) is 3.56. The van der Waals surface area contributed by atoms with Gasteiger partial charge in [-0.15, -0.1) is 0 Å². The summed E-state index contributed by atoms with van der Waals surface area (Å²) < 4.78 is 15.2. The summed E-state index contributed by atoms with van der Waals surface area (Å²) >= 11 is 0. The van der Waals surface area contributed by atoms with E-state index in [9.17, 15) is 4.79 Å². The Kier molecular flexibility index (Phi) is 4.44. The van der Waals surface area contributed by atoms with E-state index < -0.39 is 0 Å². The first-order valence-corrected chi connectivity index (χ1v) is 12.5. The van der Waals surface area contributed by atoms with Crippen molar-refractivity contribution >= 4 is 17.4 Å². The van der Waals surface area contributed by atoms with E-state index in [2.05, 4.69) is 31.9 Å². The molecule has 1 aromatic carbocycles. The summed E-state index contributed by atoms with van der Waals surface area (Å²) in [7, 11) is 0. The molecule has 4 heterocycles. The SMILES string of the molecule is O=C(N[C@H]1CCc2cc(N3CC4CCC(C3)N4)cc(F)c2C1)c1cnc2c(c1)[C@H]1C[C@H]1CN2. The van der Waals surface area contributed by atoms with E-state index in [4.69, 9.17) is 0 Å². The lowest BCUT2D eigenvalue weighted by atomic mass is 9.87. The number of rotatable bonds is 3. The Bertz CT molecular complexity index is 1120. The molecule has 2 bridgehead atoms.